The fraction of sp³-hybridized carbons (Fsp3) is 0.859. The van der Waals surface area contributed by atoms with E-state index in [9.17, 15) is 40.5 Å². The van der Waals surface area contributed by atoms with E-state index in [-0.39, 0.29) is 12.8 Å². The van der Waals surface area contributed by atoms with Crippen LogP contribution in [0.15, 0.2) is 48.6 Å². The van der Waals surface area contributed by atoms with E-state index in [0.717, 1.165) is 51.4 Å². The second-order valence-electron chi connectivity index (χ2n) is 22.1. The third-order valence-corrected chi connectivity index (χ3v) is 15.1. The van der Waals surface area contributed by atoms with Gasteiger partial charge in [-0.25, -0.2) is 0 Å². The molecule has 0 bridgehead atoms. The Morgan fingerprint density at radius 3 is 1.32 bits per heavy atom. The SMILES string of the molecule is CCC/C=C/CC/C=C/CCCC(O)C(O)C(COC1OC(CO)C(O)C(O)C1O)NC(=O)C(O)CCCCCCCCCCCCCCCCCC/C=C\C/C=C\CCCCCCCCCCCCCCCCC. The van der Waals surface area contributed by atoms with E-state index in [1.165, 1.54) is 186 Å². The molecular weight excluding hydrogens is 943 g/mol. The van der Waals surface area contributed by atoms with E-state index < -0.39 is 74.2 Å². The Morgan fingerprint density at radius 2 is 0.867 bits per heavy atom. The topological polar surface area (TPSA) is 189 Å². The van der Waals surface area contributed by atoms with Crippen LogP contribution in [0.3, 0.4) is 0 Å². The average Bonchev–Trinajstić information content (AvgIpc) is 3.41. The molecule has 0 aromatic rings. The van der Waals surface area contributed by atoms with Gasteiger partial charge >= 0.3 is 0 Å². The van der Waals surface area contributed by atoms with Crippen molar-refractivity contribution in [3.63, 3.8) is 0 Å². The fourth-order valence-corrected chi connectivity index (χ4v) is 9.97. The standard InChI is InChI=1S/C64H119NO10/c1-3-5-7-9-11-13-15-16-17-18-19-20-21-22-23-24-25-26-27-28-29-30-31-32-33-34-35-36-37-38-39-40-41-42-44-46-48-50-52-57(68)63(73)65-55(54-74-64-62(72)61(71)60(70)58(53-66)75-64)59(69)56(67)51-49-47-45-43-14-12-10-8-6-4-2/h8,10,25-26,28-29,43,45,55-62,64,66-72H,3-7,9,11-24,27,30-42,44,46-54H2,1-2H3,(H,65,73)/b10-8+,26-25-,29-28-,45-43+. The zero-order valence-electron chi connectivity index (χ0n) is 48.3. The highest BCUT2D eigenvalue weighted by atomic mass is 16.7. The van der Waals surface area contributed by atoms with Gasteiger partial charge in [-0.1, -0.05) is 255 Å². The lowest BCUT2D eigenvalue weighted by molar-refractivity contribution is -0.303. The average molecular weight is 1060 g/mol. The summed E-state index contributed by atoms with van der Waals surface area (Å²) in [7, 11) is 0. The van der Waals surface area contributed by atoms with E-state index in [2.05, 4.69) is 67.8 Å². The zero-order valence-corrected chi connectivity index (χ0v) is 48.3. The number of aliphatic hydroxyl groups is 7. The number of carbonyl (C=O) groups is 1. The quantitative estimate of drug-likeness (QED) is 0.0215. The lowest BCUT2D eigenvalue weighted by Crippen LogP contribution is -2.60. The number of ether oxygens (including phenoxy) is 2. The molecule has 1 fully saturated rings. The maximum Gasteiger partial charge on any atom is 0.249 e. The van der Waals surface area contributed by atoms with Crippen LogP contribution in [-0.2, 0) is 14.3 Å². The first kappa shape index (κ1) is 71.1. The Hall–Kier alpha value is -1.93. The first-order valence-electron chi connectivity index (χ1n) is 31.5. The van der Waals surface area contributed by atoms with E-state index in [1.807, 2.05) is 0 Å². The number of aliphatic hydroxyl groups excluding tert-OH is 7. The molecule has 11 nitrogen and oxygen atoms in total. The van der Waals surface area contributed by atoms with Crippen molar-refractivity contribution in [2.45, 2.75) is 339 Å². The number of nitrogens with one attached hydrogen (secondary N) is 1. The van der Waals surface area contributed by atoms with Crippen LogP contribution in [0.25, 0.3) is 0 Å². The van der Waals surface area contributed by atoms with Gasteiger partial charge in [0.25, 0.3) is 0 Å². The van der Waals surface area contributed by atoms with E-state index in [4.69, 9.17) is 9.47 Å². The van der Waals surface area contributed by atoms with Crippen molar-refractivity contribution in [1.29, 1.82) is 0 Å². The van der Waals surface area contributed by atoms with Crippen LogP contribution in [0, 0.1) is 0 Å². The van der Waals surface area contributed by atoms with Crippen LogP contribution in [0.5, 0.6) is 0 Å². The summed E-state index contributed by atoms with van der Waals surface area (Å²) < 4.78 is 11.1. The van der Waals surface area contributed by atoms with Crippen molar-refractivity contribution in [2.24, 2.45) is 0 Å². The molecule has 0 aliphatic carbocycles. The Bertz CT molecular complexity index is 1360. The normalized spacial score (nSPS) is 20.0. The summed E-state index contributed by atoms with van der Waals surface area (Å²) in [5.41, 5.74) is 0. The summed E-state index contributed by atoms with van der Waals surface area (Å²) in [5.74, 6) is -0.711. The summed E-state index contributed by atoms with van der Waals surface area (Å²) in [6.45, 7) is 3.36. The molecule has 1 aliphatic heterocycles. The van der Waals surface area contributed by atoms with Gasteiger partial charge in [0.05, 0.1) is 25.4 Å². The number of unbranched alkanes of at least 4 members (excludes halogenated alkanes) is 34. The van der Waals surface area contributed by atoms with Crippen molar-refractivity contribution in [2.75, 3.05) is 13.2 Å². The molecule has 0 saturated carbocycles. The van der Waals surface area contributed by atoms with Gasteiger partial charge in [0.1, 0.15) is 36.6 Å². The molecule has 0 radical (unpaired) electrons. The summed E-state index contributed by atoms with van der Waals surface area (Å²) >= 11 is 0. The lowest BCUT2D eigenvalue weighted by Gasteiger charge is -2.40. The molecule has 0 spiro atoms. The van der Waals surface area contributed by atoms with Gasteiger partial charge in [-0.3, -0.25) is 4.79 Å². The number of hydrogen-bond donors (Lipinski definition) is 8. The summed E-state index contributed by atoms with van der Waals surface area (Å²) in [6.07, 6.45) is 56.7. The Kier molecular flexibility index (Phi) is 50.0. The predicted molar refractivity (Wildman–Crippen MR) is 311 cm³/mol. The van der Waals surface area contributed by atoms with Crippen LogP contribution in [0.1, 0.15) is 284 Å². The fourth-order valence-electron chi connectivity index (χ4n) is 9.97. The molecular formula is C64H119NO10. The second kappa shape index (κ2) is 52.8. The van der Waals surface area contributed by atoms with E-state index >= 15 is 0 Å². The third-order valence-electron chi connectivity index (χ3n) is 15.1. The maximum absolute atomic E-state index is 13.1. The molecule has 11 heteroatoms. The van der Waals surface area contributed by atoms with Crippen LogP contribution in [-0.4, -0.2) is 110 Å². The molecule has 8 N–H and O–H groups in total. The maximum atomic E-state index is 13.1. The zero-order chi connectivity index (χ0) is 54.7. The Balaban J connectivity index is 2.10. The van der Waals surface area contributed by atoms with Crippen molar-refractivity contribution < 1.29 is 50.0 Å². The van der Waals surface area contributed by atoms with Gasteiger partial charge in [0, 0.05) is 0 Å². The third kappa shape index (κ3) is 40.9. The van der Waals surface area contributed by atoms with Gasteiger partial charge in [-0.15, -0.1) is 0 Å². The number of hydrogen-bond acceptors (Lipinski definition) is 10. The minimum Gasteiger partial charge on any atom is -0.394 e. The molecule has 9 unspecified atom stereocenters. The highest BCUT2D eigenvalue weighted by Gasteiger charge is 2.44. The number of amides is 1. The monoisotopic (exact) mass is 1060 g/mol. The van der Waals surface area contributed by atoms with Gasteiger partial charge in [0.2, 0.25) is 5.91 Å². The van der Waals surface area contributed by atoms with Gasteiger partial charge < -0.3 is 50.5 Å². The molecule has 1 saturated heterocycles. The molecule has 1 heterocycles. The summed E-state index contributed by atoms with van der Waals surface area (Å²) in [6, 6.07) is -1.19. The smallest absolute Gasteiger partial charge is 0.249 e. The van der Waals surface area contributed by atoms with Crippen molar-refractivity contribution in [1.82, 2.24) is 5.32 Å². The van der Waals surface area contributed by atoms with Crippen LogP contribution in [0.2, 0.25) is 0 Å². The Morgan fingerprint density at radius 1 is 0.467 bits per heavy atom. The first-order valence-corrected chi connectivity index (χ1v) is 31.5. The highest BCUT2D eigenvalue weighted by Crippen LogP contribution is 2.23. The first-order chi connectivity index (χ1) is 36.7. The van der Waals surface area contributed by atoms with Crippen LogP contribution in [0.4, 0.5) is 0 Å². The number of carbonyl (C=O) groups excluding carboxylic acids is 1. The summed E-state index contributed by atoms with van der Waals surface area (Å²) in [5, 5.41) is 75.8. The number of allylic oxidation sites excluding steroid dienone is 8. The van der Waals surface area contributed by atoms with Crippen molar-refractivity contribution in [3.05, 3.63) is 48.6 Å². The molecule has 0 aromatic carbocycles. The van der Waals surface area contributed by atoms with Gasteiger partial charge in [0.15, 0.2) is 6.29 Å². The minimum atomic E-state index is -1.67. The van der Waals surface area contributed by atoms with Crippen LogP contribution < -0.4 is 5.32 Å². The van der Waals surface area contributed by atoms with Crippen molar-refractivity contribution >= 4 is 5.91 Å². The lowest BCUT2D eigenvalue weighted by atomic mass is 9.98. The predicted octanol–water partition coefficient (Wildman–Crippen LogP) is 14.0. The van der Waals surface area contributed by atoms with Gasteiger partial charge in [-0.05, 0) is 77.0 Å². The highest BCUT2D eigenvalue weighted by molar-refractivity contribution is 5.80. The molecule has 1 rings (SSSR count). The van der Waals surface area contributed by atoms with Gasteiger partial charge in [-0.2, -0.15) is 0 Å². The van der Waals surface area contributed by atoms with E-state index in [1.54, 1.807) is 0 Å². The second-order valence-corrected chi connectivity index (χ2v) is 22.1. The molecule has 9 atom stereocenters. The van der Waals surface area contributed by atoms with Crippen LogP contribution >= 0.6 is 0 Å². The van der Waals surface area contributed by atoms with Crippen molar-refractivity contribution in [3.8, 4) is 0 Å². The minimum absolute atomic E-state index is 0.244. The number of rotatable bonds is 54. The molecule has 75 heavy (non-hydrogen) atoms. The molecule has 1 amide bonds. The Labute approximate surface area is 459 Å². The molecule has 1 aliphatic rings. The molecule has 440 valence electrons. The molecule has 0 aromatic heterocycles. The van der Waals surface area contributed by atoms with E-state index in [0.29, 0.717) is 19.3 Å². The summed E-state index contributed by atoms with van der Waals surface area (Å²) in [4.78, 5) is 13.1. The largest absolute Gasteiger partial charge is 0.394 e.